The number of rotatable bonds is 1. The van der Waals surface area contributed by atoms with Gasteiger partial charge >= 0.3 is 0 Å². The minimum Gasteiger partial charge on any atom is -0.486 e. The second kappa shape index (κ2) is 5.63. The Balaban J connectivity index is 0.00000120. The fraction of sp³-hybridized carbons (Fsp3) is 0.500. The smallest absolute Gasteiger partial charge is 0.184 e. The van der Waals surface area contributed by atoms with Gasteiger partial charge in [0.1, 0.15) is 19.0 Å². The first-order valence-electron chi connectivity index (χ1n) is 5.89. The first kappa shape index (κ1) is 13.2. The highest BCUT2D eigenvalue weighted by Crippen LogP contribution is 2.40. The summed E-state index contributed by atoms with van der Waals surface area (Å²) < 4.78 is 24.6. The van der Waals surface area contributed by atoms with Crippen molar-refractivity contribution in [1.82, 2.24) is 5.32 Å². The third-order valence-electron chi connectivity index (χ3n) is 3.05. The summed E-state index contributed by atoms with van der Waals surface area (Å²) in [5.41, 5.74) is 0.807. The number of halogens is 2. The average Bonchev–Trinajstić information content (AvgIpc) is 2.39. The van der Waals surface area contributed by atoms with Crippen molar-refractivity contribution in [3.8, 4) is 11.5 Å². The lowest BCUT2D eigenvalue weighted by Crippen LogP contribution is -2.43. The quantitative estimate of drug-likeness (QED) is 0.840. The summed E-state index contributed by atoms with van der Waals surface area (Å²) in [6, 6.07) is 2.92. The lowest BCUT2D eigenvalue weighted by molar-refractivity contribution is 0.171. The number of piperazine rings is 1. The molecule has 1 aromatic rings. The minimum atomic E-state index is -0.275. The Hall–Kier alpha value is -1.20. The molecule has 18 heavy (non-hydrogen) atoms. The zero-order valence-electron chi connectivity index (χ0n) is 9.95. The van der Waals surface area contributed by atoms with Gasteiger partial charge in [0.2, 0.25) is 0 Å². The summed E-state index contributed by atoms with van der Waals surface area (Å²) in [6.07, 6.45) is 0. The minimum absolute atomic E-state index is 0. The monoisotopic (exact) mass is 274 g/mol. The molecule has 0 atom stereocenters. The summed E-state index contributed by atoms with van der Waals surface area (Å²) in [7, 11) is 0. The van der Waals surface area contributed by atoms with Crippen molar-refractivity contribution in [2.24, 2.45) is 0 Å². The molecule has 4 nitrogen and oxygen atoms in total. The summed E-state index contributed by atoms with van der Waals surface area (Å²) in [6.45, 7) is 4.55. The molecule has 1 saturated heterocycles. The molecule has 0 saturated carbocycles. The van der Waals surface area contributed by atoms with Crippen LogP contribution in [0.2, 0.25) is 0 Å². The van der Waals surface area contributed by atoms with E-state index in [1.165, 1.54) is 12.1 Å². The van der Waals surface area contributed by atoms with Crippen molar-refractivity contribution >= 4 is 18.1 Å². The number of hydrogen-bond acceptors (Lipinski definition) is 4. The van der Waals surface area contributed by atoms with Crippen LogP contribution in [0.4, 0.5) is 10.1 Å². The van der Waals surface area contributed by atoms with Crippen molar-refractivity contribution in [2.75, 3.05) is 44.3 Å². The Morgan fingerprint density at radius 1 is 1.11 bits per heavy atom. The van der Waals surface area contributed by atoms with Crippen molar-refractivity contribution in [2.45, 2.75) is 0 Å². The molecule has 2 aliphatic heterocycles. The zero-order valence-corrected chi connectivity index (χ0v) is 10.8. The topological polar surface area (TPSA) is 33.7 Å². The highest BCUT2D eigenvalue weighted by Gasteiger charge is 2.22. The van der Waals surface area contributed by atoms with Crippen molar-refractivity contribution < 1.29 is 13.9 Å². The second-order valence-electron chi connectivity index (χ2n) is 4.19. The van der Waals surface area contributed by atoms with E-state index < -0.39 is 0 Å². The molecule has 3 rings (SSSR count). The molecule has 0 aromatic heterocycles. The van der Waals surface area contributed by atoms with Crippen molar-refractivity contribution in [3.05, 3.63) is 17.9 Å². The van der Waals surface area contributed by atoms with E-state index >= 15 is 0 Å². The third-order valence-corrected chi connectivity index (χ3v) is 3.05. The average molecular weight is 275 g/mol. The van der Waals surface area contributed by atoms with Crippen LogP contribution in [0, 0.1) is 5.82 Å². The maximum Gasteiger partial charge on any atom is 0.184 e. The van der Waals surface area contributed by atoms with Gasteiger partial charge in [-0.25, -0.2) is 4.39 Å². The molecule has 0 spiro atoms. The normalized spacial score (nSPS) is 18.2. The van der Waals surface area contributed by atoms with E-state index in [9.17, 15) is 4.39 Å². The van der Waals surface area contributed by atoms with Gasteiger partial charge < -0.3 is 19.7 Å². The third kappa shape index (κ3) is 2.47. The van der Waals surface area contributed by atoms with E-state index in [0.717, 1.165) is 31.9 Å². The van der Waals surface area contributed by atoms with Gasteiger partial charge in [0.15, 0.2) is 11.5 Å². The van der Waals surface area contributed by atoms with E-state index in [0.29, 0.717) is 24.7 Å². The fourth-order valence-electron chi connectivity index (χ4n) is 2.24. The van der Waals surface area contributed by atoms with Crippen molar-refractivity contribution in [1.29, 1.82) is 0 Å². The molecule has 0 aliphatic carbocycles. The molecule has 0 amide bonds. The summed E-state index contributed by atoms with van der Waals surface area (Å²) in [4.78, 5) is 2.13. The number of nitrogens with one attached hydrogen (secondary N) is 1. The standard InChI is InChI=1S/C12H15FN2O2.ClH/c13-9-7-10(15-3-1-14-2-4-15)12-11(8-9)16-5-6-17-12;/h7-8,14H,1-6H2;1H. The van der Waals surface area contributed by atoms with Gasteiger partial charge in [-0.1, -0.05) is 0 Å². The predicted molar refractivity (Wildman–Crippen MR) is 69.7 cm³/mol. The molecule has 2 heterocycles. The largest absolute Gasteiger partial charge is 0.486 e. The van der Waals surface area contributed by atoms with E-state index in [-0.39, 0.29) is 18.2 Å². The van der Waals surface area contributed by atoms with Gasteiger partial charge in [0.05, 0.1) is 5.69 Å². The number of hydrogen-bond donors (Lipinski definition) is 1. The number of anilines is 1. The van der Waals surface area contributed by atoms with Gasteiger partial charge in [0, 0.05) is 38.3 Å². The van der Waals surface area contributed by atoms with E-state index in [1.807, 2.05) is 0 Å². The van der Waals surface area contributed by atoms with Crippen LogP contribution in [0.25, 0.3) is 0 Å². The first-order chi connectivity index (χ1) is 8.34. The molecule has 1 aromatic carbocycles. The molecular formula is C12H16ClFN2O2. The molecule has 1 fully saturated rings. The molecular weight excluding hydrogens is 259 g/mol. The van der Waals surface area contributed by atoms with Crippen LogP contribution in [-0.2, 0) is 0 Å². The number of fused-ring (bicyclic) bond motifs is 1. The van der Waals surface area contributed by atoms with Crippen LogP contribution in [-0.4, -0.2) is 39.4 Å². The van der Waals surface area contributed by atoms with Crippen molar-refractivity contribution in [3.63, 3.8) is 0 Å². The highest BCUT2D eigenvalue weighted by atomic mass is 35.5. The van der Waals surface area contributed by atoms with Crippen LogP contribution in [0.1, 0.15) is 0 Å². The van der Waals surface area contributed by atoms with Gasteiger partial charge in [0.25, 0.3) is 0 Å². The van der Waals surface area contributed by atoms with Gasteiger partial charge in [-0.15, -0.1) is 12.4 Å². The Labute approximate surface area is 111 Å². The van der Waals surface area contributed by atoms with Crippen LogP contribution < -0.4 is 19.7 Å². The van der Waals surface area contributed by atoms with Gasteiger partial charge in [-0.3, -0.25) is 0 Å². The van der Waals surface area contributed by atoms with E-state index in [1.54, 1.807) is 0 Å². The maximum atomic E-state index is 13.5. The second-order valence-corrected chi connectivity index (χ2v) is 4.19. The number of benzene rings is 1. The Morgan fingerprint density at radius 3 is 2.61 bits per heavy atom. The SMILES string of the molecule is Cl.Fc1cc2c(c(N3CCNCC3)c1)OCCO2. The van der Waals surface area contributed by atoms with Crippen LogP contribution in [0.3, 0.4) is 0 Å². The molecule has 6 heteroatoms. The molecule has 2 aliphatic rings. The zero-order chi connectivity index (χ0) is 11.7. The van der Waals surface area contributed by atoms with Crippen LogP contribution in [0.15, 0.2) is 12.1 Å². The van der Waals surface area contributed by atoms with Gasteiger partial charge in [-0.05, 0) is 0 Å². The lowest BCUT2D eigenvalue weighted by Gasteiger charge is -2.32. The Bertz CT molecular complexity index is 425. The molecule has 0 unspecified atom stereocenters. The molecule has 100 valence electrons. The van der Waals surface area contributed by atoms with Crippen LogP contribution >= 0.6 is 12.4 Å². The molecule has 1 N–H and O–H groups in total. The van der Waals surface area contributed by atoms with E-state index in [2.05, 4.69) is 10.2 Å². The Kier molecular flexibility index (Phi) is 4.14. The first-order valence-corrected chi connectivity index (χ1v) is 5.89. The number of ether oxygens (including phenoxy) is 2. The Morgan fingerprint density at radius 2 is 1.83 bits per heavy atom. The highest BCUT2D eigenvalue weighted by molar-refractivity contribution is 5.85. The van der Waals surface area contributed by atoms with Crippen LogP contribution in [0.5, 0.6) is 11.5 Å². The van der Waals surface area contributed by atoms with Gasteiger partial charge in [-0.2, -0.15) is 0 Å². The number of nitrogens with zero attached hydrogens (tertiary/aromatic N) is 1. The molecule has 0 radical (unpaired) electrons. The predicted octanol–water partition coefficient (Wildman–Crippen LogP) is 1.43. The lowest BCUT2D eigenvalue weighted by atomic mass is 10.2. The summed E-state index contributed by atoms with van der Waals surface area (Å²) >= 11 is 0. The summed E-state index contributed by atoms with van der Waals surface area (Å²) in [5.74, 6) is 0.923. The molecule has 0 bridgehead atoms. The summed E-state index contributed by atoms with van der Waals surface area (Å²) in [5, 5.41) is 3.27. The maximum absolute atomic E-state index is 13.5. The van der Waals surface area contributed by atoms with E-state index in [4.69, 9.17) is 9.47 Å². The fourth-order valence-corrected chi connectivity index (χ4v) is 2.24.